The zero-order valence-corrected chi connectivity index (χ0v) is 14.2. The molecule has 1 fully saturated rings. The van der Waals surface area contributed by atoms with E-state index in [1.165, 1.54) is 0 Å². The lowest BCUT2D eigenvalue weighted by Gasteiger charge is -2.37. The summed E-state index contributed by atoms with van der Waals surface area (Å²) >= 11 is 0. The average Bonchev–Trinajstić information content (AvgIpc) is 2.57. The molecule has 1 amide bonds. The fraction of sp³-hybridized carbons (Fsp3) is 0.444. The van der Waals surface area contributed by atoms with E-state index < -0.39 is 6.04 Å². The first kappa shape index (κ1) is 16.4. The van der Waals surface area contributed by atoms with E-state index in [2.05, 4.69) is 0 Å². The van der Waals surface area contributed by atoms with E-state index in [4.69, 9.17) is 9.47 Å². The Bertz CT molecular complexity index is 695. The first-order valence-electron chi connectivity index (χ1n) is 8.13. The number of aldehydes is 1. The fourth-order valence-electron chi connectivity index (χ4n) is 3.17. The van der Waals surface area contributed by atoms with Crippen molar-refractivity contribution >= 4 is 17.8 Å². The summed E-state index contributed by atoms with van der Waals surface area (Å²) in [6, 6.07) is 3.16. The van der Waals surface area contributed by atoms with Gasteiger partial charge < -0.3 is 24.1 Å². The maximum atomic E-state index is 12.8. The van der Waals surface area contributed by atoms with Crippen LogP contribution in [0.4, 0.5) is 0 Å². The van der Waals surface area contributed by atoms with E-state index in [0.29, 0.717) is 23.6 Å². The van der Waals surface area contributed by atoms with Crippen LogP contribution in [0.2, 0.25) is 0 Å². The number of hydrogen-bond donors (Lipinski definition) is 0. The molecule has 6 heteroatoms. The molecule has 2 heterocycles. The Labute approximate surface area is 141 Å². The molecule has 2 aliphatic heterocycles. The standard InChI is InChI=1S/C18H22N2O4/c1-4-19-10-14(18(22)20-6-5-7-20)12-8-16(23-2)17(24-3)9-13(12)15(19)11-21/h8-11,15H,4-7H2,1-3H3. The van der Waals surface area contributed by atoms with Crippen LogP contribution in [0.25, 0.3) is 5.57 Å². The molecule has 1 aromatic carbocycles. The lowest BCUT2D eigenvalue weighted by molar-refractivity contribution is -0.128. The molecule has 1 atom stereocenters. The Kier molecular flexibility index (Phi) is 4.46. The molecule has 0 aromatic heterocycles. The van der Waals surface area contributed by atoms with Crippen molar-refractivity contribution in [3.05, 3.63) is 29.5 Å². The van der Waals surface area contributed by atoms with E-state index in [1.54, 1.807) is 32.6 Å². The predicted molar refractivity (Wildman–Crippen MR) is 89.9 cm³/mol. The van der Waals surface area contributed by atoms with Gasteiger partial charge in [0.25, 0.3) is 5.91 Å². The maximum absolute atomic E-state index is 12.8. The van der Waals surface area contributed by atoms with E-state index in [0.717, 1.165) is 36.9 Å². The van der Waals surface area contributed by atoms with Crippen molar-refractivity contribution < 1.29 is 19.1 Å². The van der Waals surface area contributed by atoms with E-state index in [-0.39, 0.29) is 5.91 Å². The van der Waals surface area contributed by atoms with Crippen molar-refractivity contribution in [2.75, 3.05) is 33.9 Å². The van der Waals surface area contributed by atoms with Crippen molar-refractivity contribution in [1.82, 2.24) is 9.80 Å². The Morgan fingerprint density at radius 3 is 2.42 bits per heavy atom. The molecule has 3 rings (SSSR count). The smallest absolute Gasteiger partial charge is 0.255 e. The van der Waals surface area contributed by atoms with Crippen LogP contribution in [0.1, 0.15) is 30.5 Å². The van der Waals surface area contributed by atoms with Crippen LogP contribution in [0.5, 0.6) is 11.5 Å². The summed E-state index contributed by atoms with van der Waals surface area (Å²) in [5, 5.41) is 0. The molecule has 0 N–H and O–H groups in total. The zero-order valence-electron chi connectivity index (χ0n) is 14.2. The second-order valence-corrected chi connectivity index (χ2v) is 5.89. The van der Waals surface area contributed by atoms with Crippen LogP contribution in [0.15, 0.2) is 18.3 Å². The van der Waals surface area contributed by atoms with Crippen LogP contribution >= 0.6 is 0 Å². The zero-order chi connectivity index (χ0) is 17.3. The Hall–Kier alpha value is -2.50. The third kappa shape index (κ3) is 2.52. The SMILES string of the molecule is CCN1C=C(C(=O)N2CCC2)c2cc(OC)c(OC)cc2C1C=O. The monoisotopic (exact) mass is 330 g/mol. The van der Waals surface area contributed by atoms with Crippen molar-refractivity contribution in [2.24, 2.45) is 0 Å². The molecule has 0 saturated carbocycles. The lowest BCUT2D eigenvalue weighted by Crippen LogP contribution is -2.43. The number of methoxy groups -OCH3 is 2. The number of carbonyl (C=O) groups excluding carboxylic acids is 2. The topological polar surface area (TPSA) is 59.1 Å². The van der Waals surface area contributed by atoms with Gasteiger partial charge in [-0.25, -0.2) is 0 Å². The van der Waals surface area contributed by atoms with Gasteiger partial charge in [-0.15, -0.1) is 0 Å². The summed E-state index contributed by atoms with van der Waals surface area (Å²) in [5.41, 5.74) is 2.12. The quantitative estimate of drug-likeness (QED) is 0.771. The van der Waals surface area contributed by atoms with E-state index >= 15 is 0 Å². The van der Waals surface area contributed by atoms with Gasteiger partial charge in [-0.3, -0.25) is 4.79 Å². The minimum Gasteiger partial charge on any atom is -0.493 e. The third-order valence-electron chi connectivity index (χ3n) is 4.68. The molecule has 0 bridgehead atoms. The molecule has 128 valence electrons. The molecule has 1 saturated heterocycles. The number of amides is 1. The van der Waals surface area contributed by atoms with E-state index in [9.17, 15) is 9.59 Å². The molecule has 1 aromatic rings. The van der Waals surface area contributed by atoms with Crippen molar-refractivity contribution in [2.45, 2.75) is 19.4 Å². The number of carbonyl (C=O) groups is 2. The molecule has 24 heavy (non-hydrogen) atoms. The van der Waals surface area contributed by atoms with Crippen LogP contribution in [-0.4, -0.2) is 55.8 Å². The highest BCUT2D eigenvalue weighted by Crippen LogP contribution is 2.41. The minimum atomic E-state index is -0.433. The highest BCUT2D eigenvalue weighted by Gasteiger charge is 2.33. The normalized spacial score (nSPS) is 19.1. The highest BCUT2D eigenvalue weighted by atomic mass is 16.5. The van der Waals surface area contributed by atoms with Crippen LogP contribution < -0.4 is 9.47 Å². The maximum Gasteiger partial charge on any atom is 0.255 e. The first-order chi connectivity index (χ1) is 11.6. The highest BCUT2D eigenvalue weighted by molar-refractivity contribution is 6.20. The summed E-state index contributed by atoms with van der Waals surface area (Å²) in [5.74, 6) is 1.10. The second-order valence-electron chi connectivity index (χ2n) is 5.89. The number of likely N-dealkylation sites (tertiary alicyclic amines) is 1. The van der Waals surface area contributed by atoms with Crippen molar-refractivity contribution in [3.63, 3.8) is 0 Å². The molecular weight excluding hydrogens is 308 g/mol. The molecule has 6 nitrogen and oxygen atoms in total. The summed E-state index contributed by atoms with van der Waals surface area (Å²) in [6.45, 7) is 4.16. The molecule has 0 radical (unpaired) electrons. The average molecular weight is 330 g/mol. The predicted octanol–water partition coefficient (Wildman–Crippen LogP) is 1.85. The van der Waals surface area contributed by atoms with E-state index in [1.807, 2.05) is 16.7 Å². The van der Waals surface area contributed by atoms with Gasteiger partial charge in [0.1, 0.15) is 12.3 Å². The Morgan fingerprint density at radius 2 is 1.92 bits per heavy atom. The Balaban J connectivity index is 2.15. The van der Waals surface area contributed by atoms with Gasteiger partial charge in [0.05, 0.1) is 19.8 Å². The van der Waals surface area contributed by atoms with Crippen LogP contribution in [0.3, 0.4) is 0 Å². The summed E-state index contributed by atoms with van der Waals surface area (Å²) in [4.78, 5) is 28.2. The fourth-order valence-corrected chi connectivity index (χ4v) is 3.17. The van der Waals surface area contributed by atoms with Gasteiger partial charge >= 0.3 is 0 Å². The summed E-state index contributed by atoms with van der Waals surface area (Å²) in [7, 11) is 3.12. The van der Waals surface area contributed by atoms with Gasteiger partial charge in [-0.05, 0) is 36.6 Å². The number of likely N-dealkylation sites (N-methyl/N-ethyl adjacent to an activating group) is 1. The molecular formula is C18H22N2O4. The van der Waals surface area contributed by atoms with Gasteiger partial charge in [-0.1, -0.05) is 0 Å². The Morgan fingerprint density at radius 1 is 1.25 bits per heavy atom. The molecule has 0 aliphatic carbocycles. The third-order valence-corrected chi connectivity index (χ3v) is 4.68. The van der Waals surface area contributed by atoms with Crippen molar-refractivity contribution in [3.8, 4) is 11.5 Å². The van der Waals surface area contributed by atoms with Crippen molar-refractivity contribution in [1.29, 1.82) is 0 Å². The van der Waals surface area contributed by atoms with Gasteiger partial charge in [0.15, 0.2) is 11.5 Å². The number of nitrogens with zero attached hydrogens (tertiary/aromatic N) is 2. The van der Waals surface area contributed by atoms with Gasteiger partial charge in [0.2, 0.25) is 0 Å². The number of fused-ring (bicyclic) bond motifs is 1. The van der Waals surface area contributed by atoms with Gasteiger partial charge in [-0.2, -0.15) is 0 Å². The number of benzene rings is 1. The summed E-state index contributed by atoms with van der Waals surface area (Å²) in [6.07, 6.45) is 3.73. The second kappa shape index (κ2) is 6.55. The summed E-state index contributed by atoms with van der Waals surface area (Å²) < 4.78 is 10.7. The largest absolute Gasteiger partial charge is 0.493 e. The lowest BCUT2D eigenvalue weighted by atomic mass is 9.89. The van der Waals surface area contributed by atoms with Crippen LogP contribution in [-0.2, 0) is 9.59 Å². The molecule has 1 unspecified atom stereocenters. The number of ether oxygens (including phenoxy) is 2. The minimum absolute atomic E-state index is 0.00230. The first-order valence-corrected chi connectivity index (χ1v) is 8.13. The van der Waals surface area contributed by atoms with Gasteiger partial charge in [0, 0.05) is 25.8 Å². The molecule has 0 spiro atoms. The number of rotatable bonds is 5. The van der Waals surface area contributed by atoms with Crippen LogP contribution in [0, 0.1) is 0 Å². The number of hydrogen-bond acceptors (Lipinski definition) is 5. The molecule has 2 aliphatic rings.